The maximum Gasteiger partial charge on any atom is 0.414 e. The number of nitrogens with one attached hydrogen (secondary N) is 1. The Kier molecular flexibility index (Phi) is 7.29. The molecule has 2 rings (SSSR count). The largest absolute Gasteiger partial charge is 0.497 e. The average Bonchev–Trinajstić information content (AvgIpc) is 2.66. The van der Waals surface area contributed by atoms with Crippen LogP contribution >= 0.6 is 0 Å². The molecule has 1 N–H and O–H groups in total. The van der Waals surface area contributed by atoms with E-state index in [4.69, 9.17) is 14.2 Å². The summed E-state index contributed by atoms with van der Waals surface area (Å²) in [6.07, 6.45) is 0.412. The second-order valence-electron chi connectivity index (χ2n) is 5.99. The lowest BCUT2D eigenvalue weighted by atomic mass is 10.0. The molecule has 140 valence electrons. The van der Waals surface area contributed by atoms with Crippen molar-refractivity contribution in [3.8, 4) is 17.2 Å². The number of carbonyl (C=O) groups excluding carboxylic acids is 1. The third kappa shape index (κ3) is 5.67. The van der Waals surface area contributed by atoms with Crippen LogP contribution in [0.15, 0.2) is 48.5 Å². The highest BCUT2D eigenvalue weighted by Gasteiger charge is 2.11. The van der Waals surface area contributed by atoms with Gasteiger partial charge < -0.3 is 24.4 Å². The molecule has 0 radical (unpaired) electrons. The van der Waals surface area contributed by atoms with Gasteiger partial charge in [-0.15, -0.1) is 0 Å². The van der Waals surface area contributed by atoms with Crippen LogP contribution in [0.3, 0.4) is 0 Å². The van der Waals surface area contributed by atoms with E-state index in [-0.39, 0.29) is 6.04 Å². The fourth-order valence-corrected chi connectivity index (χ4v) is 2.40. The quantitative estimate of drug-likeness (QED) is 0.783. The van der Waals surface area contributed by atoms with Crippen LogP contribution in [0.1, 0.15) is 18.0 Å². The van der Waals surface area contributed by atoms with Crippen LogP contribution in [-0.4, -0.2) is 45.9 Å². The summed E-state index contributed by atoms with van der Waals surface area (Å²) < 4.78 is 16.2. The number of hydrogen-bond acceptors (Lipinski definition) is 5. The first-order valence-electron chi connectivity index (χ1n) is 8.46. The third-order valence-corrected chi connectivity index (χ3v) is 3.94. The van der Waals surface area contributed by atoms with Gasteiger partial charge in [-0.3, -0.25) is 0 Å². The van der Waals surface area contributed by atoms with Crippen LogP contribution in [-0.2, 0) is 0 Å². The van der Waals surface area contributed by atoms with E-state index in [2.05, 4.69) is 5.32 Å². The summed E-state index contributed by atoms with van der Waals surface area (Å²) >= 11 is 0. The van der Waals surface area contributed by atoms with Crippen molar-refractivity contribution in [3.63, 3.8) is 0 Å². The van der Waals surface area contributed by atoms with Gasteiger partial charge in [0.25, 0.3) is 0 Å². The number of methoxy groups -OCH3 is 1. The predicted octanol–water partition coefficient (Wildman–Crippen LogP) is 3.49. The molecule has 2 aromatic carbocycles. The van der Waals surface area contributed by atoms with Crippen LogP contribution in [0.5, 0.6) is 17.2 Å². The Bertz CT molecular complexity index is 684. The zero-order chi connectivity index (χ0) is 18.9. The summed E-state index contributed by atoms with van der Waals surface area (Å²) in [5.41, 5.74) is 1.11. The fourth-order valence-electron chi connectivity index (χ4n) is 2.40. The lowest BCUT2D eigenvalue weighted by molar-refractivity contribution is 0.172. The molecule has 0 heterocycles. The average molecular weight is 358 g/mol. The molecule has 6 nitrogen and oxygen atoms in total. The molecule has 1 atom stereocenters. The van der Waals surface area contributed by atoms with E-state index in [0.29, 0.717) is 12.4 Å². The number of nitrogens with zero attached hydrogens (tertiary/aromatic N) is 1. The minimum atomic E-state index is -0.393. The molecule has 0 fully saturated rings. The summed E-state index contributed by atoms with van der Waals surface area (Å²) in [6, 6.07) is 15.2. The molecule has 6 heteroatoms. The van der Waals surface area contributed by atoms with Crippen molar-refractivity contribution in [2.45, 2.75) is 12.5 Å². The second kappa shape index (κ2) is 9.68. The predicted molar refractivity (Wildman–Crippen MR) is 101 cm³/mol. The van der Waals surface area contributed by atoms with Crippen LogP contribution < -0.4 is 19.5 Å². The number of rotatable bonds is 8. The highest BCUT2D eigenvalue weighted by atomic mass is 16.6. The molecule has 0 aliphatic carbocycles. The van der Waals surface area contributed by atoms with Crippen molar-refractivity contribution in [1.82, 2.24) is 10.2 Å². The third-order valence-electron chi connectivity index (χ3n) is 3.94. The molecule has 1 amide bonds. The first-order chi connectivity index (χ1) is 12.5. The molecule has 0 saturated heterocycles. The molecule has 2 aromatic rings. The maximum atomic E-state index is 11.6. The Morgan fingerprint density at radius 3 is 2.12 bits per heavy atom. The van der Waals surface area contributed by atoms with Gasteiger partial charge in [0.05, 0.1) is 13.7 Å². The van der Waals surface area contributed by atoms with Gasteiger partial charge in [-0.25, -0.2) is 4.79 Å². The van der Waals surface area contributed by atoms with E-state index < -0.39 is 6.09 Å². The molecule has 0 aromatic heterocycles. The van der Waals surface area contributed by atoms with Crippen molar-refractivity contribution < 1.29 is 19.0 Å². The molecular formula is C20H26N2O4. The molecule has 0 bridgehead atoms. The SMILES string of the molecule is CNC(CCOc1ccc(OC)cc1)c1ccc(OC(=O)N(C)C)cc1. The Labute approximate surface area is 154 Å². The second-order valence-corrected chi connectivity index (χ2v) is 5.99. The number of hydrogen-bond donors (Lipinski definition) is 1. The summed E-state index contributed by atoms with van der Waals surface area (Å²) in [5.74, 6) is 2.14. The van der Waals surface area contributed by atoms with Crippen LogP contribution in [0, 0.1) is 0 Å². The van der Waals surface area contributed by atoms with Gasteiger partial charge in [0.1, 0.15) is 17.2 Å². The lowest BCUT2D eigenvalue weighted by Crippen LogP contribution is -2.25. The smallest absolute Gasteiger partial charge is 0.414 e. The van der Waals surface area contributed by atoms with Gasteiger partial charge in [-0.2, -0.15) is 0 Å². The Balaban J connectivity index is 1.88. The van der Waals surface area contributed by atoms with E-state index in [0.717, 1.165) is 23.5 Å². The van der Waals surface area contributed by atoms with Crippen LogP contribution in [0.25, 0.3) is 0 Å². The van der Waals surface area contributed by atoms with Crippen molar-refractivity contribution in [2.75, 3.05) is 34.9 Å². The maximum absolute atomic E-state index is 11.6. The van der Waals surface area contributed by atoms with Gasteiger partial charge in [0, 0.05) is 26.6 Å². The fraction of sp³-hybridized carbons (Fsp3) is 0.350. The van der Waals surface area contributed by atoms with E-state index >= 15 is 0 Å². The first kappa shape index (κ1) is 19.6. The lowest BCUT2D eigenvalue weighted by Gasteiger charge is -2.18. The van der Waals surface area contributed by atoms with E-state index in [1.807, 2.05) is 43.4 Å². The number of carbonyl (C=O) groups is 1. The highest BCUT2D eigenvalue weighted by Crippen LogP contribution is 2.22. The zero-order valence-electron chi connectivity index (χ0n) is 15.7. The van der Waals surface area contributed by atoms with E-state index in [1.165, 1.54) is 4.90 Å². The molecule has 0 aliphatic heterocycles. The molecule has 0 saturated carbocycles. The molecule has 0 aliphatic rings. The minimum absolute atomic E-state index is 0.145. The Morgan fingerprint density at radius 1 is 1.00 bits per heavy atom. The topological polar surface area (TPSA) is 60.0 Å². The normalized spacial score (nSPS) is 11.5. The van der Waals surface area contributed by atoms with Gasteiger partial charge in [-0.05, 0) is 49.0 Å². The molecule has 26 heavy (non-hydrogen) atoms. The van der Waals surface area contributed by atoms with Crippen LogP contribution in [0.2, 0.25) is 0 Å². The van der Waals surface area contributed by atoms with Crippen LogP contribution in [0.4, 0.5) is 4.79 Å². The summed E-state index contributed by atoms with van der Waals surface area (Å²) in [6.45, 7) is 0.579. The van der Waals surface area contributed by atoms with Crippen molar-refractivity contribution >= 4 is 6.09 Å². The van der Waals surface area contributed by atoms with Gasteiger partial charge in [0.15, 0.2) is 0 Å². The minimum Gasteiger partial charge on any atom is -0.497 e. The monoisotopic (exact) mass is 358 g/mol. The first-order valence-corrected chi connectivity index (χ1v) is 8.46. The van der Waals surface area contributed by atoms with E-state index in [9.17, 15) is 4.79 Å². The summed E-state index contributed by atoms with van der Waals surface area (Å²) in [5, 5.41) is 3.29. The van der Waals surface area contributed by atoms with Gasteiger partial charge >= 0.3 is 6.09 Å². The van der Waals surface area contributed by atoms with Gasteiger partial charge in [0.2, 0.25) is 0 Å². The zero-order valence-corrected chi connectivity index (χ0v) is 15.7. The highest BCUT2D eigenvalue weighted by molar-refractivity contribution is 5.69. The van der Waals surface area contributed by atoms with Crippen molar-refractivity contribution in [2.24, 2.45) is 0 Å². The van der Waals surface area contributed by atoms with Crippen molar-refractivity contribution in [1.29, 1.82) is 0 Å². The molecule has 1 unspecified atom stereocenters. The number of ether oxygens (including phenoxy) is 3. The molecular weight excluding hydrogens is 332 g/mol. The summed E-state index contributed by atoms with van der Waals surface area (Å²) in [4.78, 5) is 13.0. The number of amides is 1. The molecule has 0 spiro atoms. The number of benzene rings is 2. The standard InChI is InChI=1S/C20H26N2O4/c1-21-19(13-14-25-17-11-9-16(24-4)10-12-17)15-5-7-18(8-6-15)26-20(23)22(2)3/h5-12,19,21H,13-14H2,1-4H3. The Morgan fingerprint density at radius 2 is 1.58 bits per heavy atom. The van der Waals surface area contributed by atoms with Crippen molar-refractivity contribution in [3.05, 3.63) is 54.1 Å². The van der Waals surface area contributed by atoms with Gasteiger partial charge in [-0.1, -0.05) is 12.1 Å². The summed E-state index contributed by atoms with van der Waals surface area (Å²) in [7, 11) is 6.85. The Hall–Kier alpha value is -2.73. The van der Waals surface area contributed by atoms with E-state index in [1.54, 1.807) is 33.3 Å².